The van der Waals surface area contributed by atoms with Gasteiger partial charge in [0.25, 0.3) is 0 Å². The fourth-order valence-corrected chi connectivity index (χ4v) is 3.47. The van der Waals surface area contributed by atoms with Crippen LogP contribution >= 0.6 is 0 Å². The van der Waals surface area contributed by atoms with E-state index in [0.29, 0.717) is 16.8 Å². The zero-order valence-corrected chi connectivity index (χ0v) is 15.2. The van der Waals surface area contributed by atoms with Gasteiger partial charge in [0.05, 0.1) is 28.9 Å². The number of anilines is 1. The summed E-state index contributed by atoms with van der Waals surface area (Å²) in [6.07, 6.45) is -2.79. The molecule has 9 heteroatoms. The van der Waals surface area contributed by atoms with E-state index < -0.39 is 17.7 Å². The molecule has 2 amide bonds. The van der Waals surface area contributed by atoms with Crippen LogP contribution < -0.4 is 5.32 Å². The van der Waals surface area contributed by atoms with E-state index in [4.69, 9.17) is 0 Å². The molecule has 0 spiro atoms. The molecule has 0 radical (unpaired) electrons. The van der Waals surface area contributed by atoms with Crippen LogP contribution in [0, 0.1) is 5.92 Å². The highest BCUT2D eigenvalue weighted by Gasteiger charge is 2.35. The molecular formula is C20H17F3N4O2. The van der Waals surface area contributed by atoms with Crippen LogP contribution in [-0.4, -0.2) is 33.5 Å². The van der Waals surface area contributed by atoms with E-state index in [1.807, 2.05) is 6.07 Å². The largest absolute Gasteiger partial charge is 0.416 e. The highest BCUT2D eigenvalue weighted by atomic mass is 19.4. The maximum Gasteiger partial charge on any atom is 0.416 e. The second kappa shape index (κ2) is 7.23. The molecule has 1 aromatic heterocycles. The molecule has 1 atom stereocenters. The minimum Gasteiger partial charge on any atom is -0.338 e. The van der Waals surface area contributed by atoms with E-state index in [9.17, 15) is 22.8 Å². The molecule has 150 valence electrons. The molecule has 4 rings (SSSR count). The van der Waals surface area contributed by atoms with E-state index in [0.717, 1.165) is 17.5 Å². The second-order valence-electron chi connectivity index (χ2n) is 7.00. The number of carbonyl (C=O) groups excluding carboxylic acids is 2. The summed E-state index contributed by atoms with van der Waals surface area (Å²) in [6, 6.07) is 10.2. The molecule has 3 aromatic rings. The summed E-state index contributed by atoms with van der Waals surface area (Å²) in [4.78, 5) is 26.4. The molecule has 1 saturated heterocycles. The van der Waals surface area contributed by atoms with Crippen molar-refractivity contribution in [1.82, 2.24) is 15.1 Å². The number of benzene rings is 2. The van der Waals surface area contributed by atoms with E-state index >= 15 is 0 Å². The van der Waals surface area contributed by atoms with Crippen molar-refractivity contribution in [3.8, 4) is 0 Å². The second-order valence-corrected chi connectivity index (χ2v) is 7.00. The Morgan fingerprint density at radius 1 is 1.24 bits per heavy atom. The van der Waals surface area contributed by atoms with Crippen molar-refractivity contribution >= 4 is 28.4 Å². The van der Waals surface area contributed by atoms with Crippen LogP contribution in [0.2, 0.25) is 0 Å². The number of halogens is 3. The lowest BCUT2D eigenvalue weighted by molar-refractivity contribution is -0.137. The molecule has 1 unspecified atom stereocenters. The number of amides is 2. The Hall–Kier alpha value is -3.36. The van der Waals surface area contributed by atoms with Crippen molar-refractivity contribution in [3.63, 3.8) is 0 Å². The van der Waals surface area contributed by atoms with Gasteiger partial charge in [-0.05, 0) is 23.8 Å². The lowest BCUT2D eigenvalue weighted by Crippen LogP contribution is -2.28. The molecule has 0 bridgehead atoms. The summed E-state index contributed by atoms with van der Waals surface area (Å²) in [7, 11) is 0. The van der Waals surface area contributed by atoms with Gasteiger partial charge in [0.1, 0.15) is 0 Å². The van der Waals surface area contributed by atoms with E-state index in [2.05, 4.69) is 15.5 Å². The fraction of sp³-hybridized carbons (Fsp3) is 0.250. The van der Waals surface area contributed by atoms with Gasteiger partial charge in [-0.2, -0.15) is 18.3 Å². The van der Waals surface area contributed by atoms with Gasteiger partial charge in [-0.3, -0.25) is 14.7 Å². The lowest BCUT2D eigenvalue weighted by Gasteiger charge is -2.18. The van der Waals surface area contributed by atoms with Crippen molar-refractivity contribution in [3.05, 3.63) is 59.8 Å². The average molecular weight is 402 g/mol. The number of fused-ring (bicyclic) bond motifs is 1. The summed E-state index contributed by atoms with van der Waals surface area (Å²) in [5.74, 6) is -1.15. The summed E-state index contributed by atoms with van der Waals surface area (Å²) < 4.78 is 38.6. The molecule has 1 aliphatic heterocycles. The van der Waals surface area contributed by atoms with Gasteiger partial charge in [0.15, 0.2) is 0 Å². The fourth-order valence-electron chi connectivity index (χ4n) is 3.47. The molecule has 0 saturated carbocycles. The Bertz CT molecular complexity index is 1080. The van der Waals surface area contributed by atoms with Gasteiger partial charge in [0.2, 0.25) is 11.8 Å². The predicted octanol–water partition coefficient (Wildman–Crippen LogP) is 3.57. The molecule has 2 heterocycles. The number of hydrogen-bond acceptors (Lipinski definition) is 3. The van der Waals surface area contributed by atoms with Gasteiger partial charge in [-0.25, -0.2) is 0 Å². The van der Waals surface area contributed by atoms with Crippen LogP contribution in [0.5, 0.6) is 0 Å². The third kappa shape index (κ3) is 3.94. The van der Waals surface area contributed by atoms with Crippen molar-refractivity contribution in [1.29, 1.82) is 0 Å². The first-order chi connectivity index (χ1) is 13.8. The molecule has 0 aliphatic carbocycles. The van der Waals surface area contributed by atoms with E-state index in [1.165, 1.54) is 17.0 Å². The van der Waals surface area contributed by atoms with Crippen LogP contribution in [0.4, 0.5) is 18.9 Å². The quantitative estimate of drug-likeness (QED) is 0.700. The first-order valence-electron chi connectivity index (χ1n) is 8.98. The SMILES string of the molecule is O=C(Nc1cccc2cn[nH]c12)C1CC(=O)N(Cc2cccc(C(F)(F)F)c2)C1. The zero-order valence-electron chi connectivity index (χ0n) is 15.2. The number of hydrogen-bond donors (Lipinski definition) is 2. The van der Waals surface area contributed by atoms with Gasteiger partial charge in [-0.1, -0.05) is 24.3 Å². The molecule has 29 heavy (non-hydrogen) atoms. The average Bonchev–Trinajstić information content (AvgIpc) is 3.29. The summed E-state index contributed by atoms with van der Waals surface area (Å²) >= 11 is 0. The third-order valence-electron chi connectivity index (χ3n) is 4.95. The van der Waals surface area contributed by atoms with E-state index in [-0.39, 0.29) is 31.3 Å². The molecule has 2 aromatic carbocycles. The maximum absolute atomic E-state index is 12.9. The van der Waals surface area contributed by atoms with Crippen LogP contribution in [0.1, 0.15) is 17.5 Å². The van der Waals surface area contributed by atoms with Crippen molar-refractivity contribution in [2.24, 2.45) is 5.92 Å². The number of aromatic nitrogens is 2. The Morgan fingerprint density at radius 3 is 2.83 bits per heavy atom. The topological polar surface area (TPSA) is 78.1 Å². The Morgan fingerprint density at radius 2 is 2.03 bits per heavy atom. The first-order valence-corrected chi connectivity index (χ1v) is 8.98. The number of rotatable bonds is 4. The molecule has 6 nitrogen and oxygen atoms in total. The minimum atomic E-state index is -4.44. The van der Waals surface area contributed by atoms with Crippen molar-refractivity contribution in [2.75, 3.05) is 11.9 Å². The number of H-pyrrole nitrogens is 1. The van der Waals surface area contributed by atoms with Crippen LogP contribution in [0.25, 0.3) is 10.9 Å². The van der Waals surface area contributed by atoms with Crippen molar-refractivity contribution in [2.45, 2.75) is 19.1 Å². The van der Waals surface area contributed by atoms with Gasteiger partial charge in [0, 0.05) is 24.9 Å². The molecule has 2 N–H and O–H groups in total. The smallest absolute Gasteiger partial charge is 0.338 e. The van der Waals surface area contributed by atoms with Crippen molar-refractivity contribution < 1.29 is 22.8 Å². The number of carbonyl (C=O) groups is 2. The Labute approximate surface area is 163 Å². The monoisotopic (exact) mass is 402 g/mol. The number of nitrogens with zero attached hydrogens (tertiary/aromatic N) is 2. The van der Waals surface area contributed by atoms with Crippen LogP contribution in [-0.2, 0) is 22.3 Å². The number of alkyl halides is 3. The first kappa shape index (κ1) is 19.0. The van der Waals surface area contributed by atoms with Gasteiger partial charge in [-0.15, -0.1) is 0 Å². The van der Waals surface area contributed by atoms with Crippen LogP contribution in [0.3, 0.4) is 0 Å². The Kier molecular flexibility index (Phi) is 4.73. The Balaban J connectivity index is 1.44. The van der Waals surface area contributed by atoms with Crippen LogP contribution in [0.15, 0.2) is 48.7 Å². The third-order valence-corrected chi connectivity index (χ3v) is 4.95. The molecule has 1 aliphatic rings. The molecular weight excluding hydrogens is 385 g/mol. The van der Waals surface area contributed by atoms with E-state index in [1.54, 1.807) is 18.3 Å². The normalized spacial score (nSPS) is 17.1. The lowest BCUT2D eigenvalue weighted by atomic mass is 10.1. The predicted molar refractivity (Wildman–Crippen MR) is 99.7 cm³/mol. The summed E-state index contributed by atoms with van der Waals surface area (Å²) in [5, 5.41) is 10.4. The molecule has 1 fully saturated rings. The number of aromatic amines is 1. The number of nitrogens with one attached hydrogen (secondary N) is 2. The highest BCUT2D eigenvalue weighted by Crippen LogP contribution is 2.30. The number of para-hydroxylation sites is 1. The van der Waals surface area contributed by atoms with Gasteiger partial charge < -0.3 is 10.2 Å². The summed E-state index contributed by atoms with van der Waals surface area (Å²) in [6.45, 7) is 0.183. The van der Waals surface area contributed by atoms with Gasteiger partial charge >= 0.3 is 6.18 Å². The maximum atomic E-state index is 12.9. The standard InChI is InChI=1S/C20H17F3N4O2/c21-20(22,23)15-5-1-3-12(7-15)10-27-11-14(8-17(27)28)19(29)25-16-6-2-4-13-9-24-26-18(13)16/h1-7,9,14H,8,10-11H2,(H,24,26)(H,25,29). The minimum absolute atomic E-state index is 0.0176. The highest BCUT2D eigenvalue weighted by molar-refractivity contribution is 6.02. The number of likely N-dealkylation sites (tertiary alicyclic amines) is 1. The summed E-state index contributed by atoms with van der Waals surface area (Å²) in [5.41, 5.74) is 0.861. The zero-order chi connectivity index (χ0) is 20.6.